The van der Waals surface area contributed by atoms with Crippen molar-refractivity contribution in [3.8, 4) is 0 Å². The third-order valence-electron chi connectivity index (χ3n) is 4.47. The summed E-state index contributed by atoms with van der Waals surface area (Å²) in [6.45, 7) is 6.42. The van der Waals surface area contributed by atoms with Crippen LogP contribution in [-0.4, -0.2) is 43.7 Å². The molecule has 146 valence electrons. The van der Waals surface area contributed by atoms with E-state index >= 15 is 0 Å². The molecule has 2 aromatic rings. The molecule has 0 N–H and O–H groups in total. The second-order valence-electron chi connectivity index (χ2n) is 6.32. The Bertz CT molecular complexity index is 925. The molecule has 0 aromatic heterocycles. The van der Waals surface area contributed by atoms with Crippen molar-refractivity contribution in [3.05, 3.63) is 64.2 Å². The molecule has 0 saturated heterocycles. The Hall–Kier alpha value is -1.89. The summed E-state index contributed by atoms with van der Waals surface area (Å²) in [7, 11) is -1.97. The smallest absolute Gasteiger partial charge is 0.253 e. The first-order chi connectivity index (χ1) is 12.7. The first kappa shape index (κ1) is 21.4. The molecular formula is C20H25ClN2O3S. The summed E-state index contributed by atoms with van der Waals surface area (Å²) in [6.07, 6.45) is 0. The monoisotopic (exact) mass is 408 g/mol. The molecule has 1 amide bonds. The molecule has 2 aromatic carbocycles. The van der Waals surface area contributed by atoms with Gasteiger partial charge < -0.3 is 4.90 Å². The van der Waals surface area contributed by atoms with Crippen molar-refractivity contribution in [2.75, 3.05) is 20.1 Å². The van der Waals surface area contributed by atoms with Crippen LogP contribution in [0.15, 0.2) is 47.4 Å². The highest BCUT2D eigenvalue weighted by molar-refractivity contribution is 7.89. The fraction of sp³-hybridized carbons (Fsp3) is 0.350. The van der Waals surface area contributed by atoms with E-state index in [0.717, 1.165) is 5.56 Å². The average Bonchev–Trinajstić information content (AvgIpc) is 2.64. The van der Waals surface area contributed by atoms with E-state index in [1.807, 2.05) is 18.2 Å². The lowest BCUT2D eigenvalue weighted by molar-refractivity contribution is 0.0785. The summed E-state index contributed by atoms with van der Waals surface area (Å²) in [5.41, 5.74) is 1.78. The number of carbonyl (C=O) groups is 1. The molecule has 0 atom stereocenters. The third kappa shape index (κ3) is 4.69. The van der Waals surface area contributed by atoms with Crippen LogP contribution in [0.4, 0.5) is 0 Å². The quantitative estimate of drug-likeness (QED) is 0.696. The SMILES string of the molecule is CCN(CC)S(=O)(=O)c1cc(C(=O)N(C)Cc2ccccc2Cl)ccc1C. The van der Waals surface area contributed by atoms with Crippen molar-refractivity contribution in [1.29, 1.82) is 0 Å². The van der Waals surface area contributed by atoms with Crippen LogP contribution in [0.2, 0.25) is 5.02 Å². The van der Waals surface area contributed by atoms with Gasteiger partial charge in [-0.3, -0.25) is 4.79 Å². The van der Waals surface area contributed by atoms with Gasteiger partial charge in [0.2, 0.25) is 10.0 Å². The zero-order chi connectivity index (χ0) is 20.2. The van der Waals surface area contributed by atoms with Gasteiger partial charge >= 0.3 is 0 Å². The standard InChI is InChI=1S/C20H25ClN2O3S/c1-5-23(6-2)27(25,26)19-13-16(12-11-15(19)3)20(24)22(4)14-17-9-7-8-10-18(17)21/h7-13H,5-6,14H2,1-4H3. The average molecular weight is 409 g/mol. The minimum Gasteiger partial charge on any atom is -0.337 e. The zero-order valence-electron chi connectivity index (χ0n) is 16.1. The summed E-state index contributed by atoms with van der Waals surface area (Å²) >= 11 is 6.17. The van der Waals surface area contributed by atoms with Crippen molar-refractivity contribution in [2.45, 2.75) is 32.2 Å². The fourth-order valence-corrected chi connectivity index (χ4v) is 4.79. The zero-order valence-corrected chi connectivity index (χ0v) is 17.6. The summed E-state index contributed by atoms with van der Waals surface area (Å²) in [4.78, 5) is 14.5. The predicted octanol–water partition coefficient (Wildman–Crippen LogP) is 3.95. The number of nitrogens with zero attached hydrogens (tertiary/aromatic N) is 2. The number of benzene rings is 2. The number of hydrogen-bond acceptors (Lipinski definition) is 3. The fourth-order valence-electron chi connectivity index (χ4n) is 2.89. The van der Waals surface area contributed by atoms with Crippen molar-refractivity contribution < 1.29 is 13.2 Å². The lowest BCUT2D eigenvalue weighted by Gasteiger charge is -2.21. The first-order valence-corrected chi connectivity index (χ1v) is 10.6. The molecular weight excluding hydrogens is 384 g/mol. The number of rotatable bonds is 7. The predicted molar refractivity (Wildman–Crippen MR) is 109 cm³/mol. The second-order valence-corrected chi connectivity index (χ2v) is 8.64. The molecule has 0 saturated carbocycles. The normalized spacial score (nSPS) is 11.6. The van der Waals surface area contributed by atoms with Crippen LogP contribution < -0.4 is 0 Å². The molecule has 0 radical (unpaired) electrons. The molecule has 2 rings (SSSR count). The molecule has 0 aliphatic heterocycles. The van der Waals surface area contributed by atoms with E-state index in [1.54, 1.807) is 46.0 Å². The molecule has 0 aliphatic carbocycles. The molecule has 0 spiro atoms. The van der Waals surface area contributed by atoms with Gasteiger partial charge in [0, 0.05) is 37.3 Å². The largest absolute Gasteiger partial charge is 0.337 e. The van der Waals surface area contributed by atoms with Crippen LogP contribution in [0.25, 0.3) is 0 Å². The van der Waals surface area contributed by atoms with E-state index in [1.165, 1.54) is 15.3 Å². The van der Waals surface area contributed by atoms with E-state index in [9.17, 15) is 13.2 Å². The minimum atomic E-state index is -3.64. The first-order valence-electron chi connectivity index (χ1n) is 8.82. The molecule has 0 heterocycles. The van der Waals surface area contributed by atoms with E-state index in [4.69, 9.17) is 11.6 Å². The number of hydrogen-bond donors (Lipinski definition) is 0. The minimum absolute atomic E-state index is 0.170. The number of amides is 1. The van der Waals surface area contributed by atoms with Crippen LogP contribution >= 0.6 is 11.6 Å². The highest BCUT2D eigenvalue weighted by atomic mass is 35.5. The lowest BCUT2D eigenvalue weighted by atomic mass is 10.1. The lowest BCUT2D eigenvalue weighted by Crippen LogP contribution is -2.31. The van der Waals surface area contributed by atoms with Gasteiger partial charge in [0.05, 0.1) is 4.90 Å². The van der Waals surface area contributed by atoms with E-state index in [-0.39, 0.29) is 10.8 Å². The van der Waals surface area contributed by atoms with Crippen LogP contribution in [0.5, 0.6) is 0 Å². The van der Waals surface area contributed by atoms with Gasteiger partial charge in [-0.25, -0.2) is 8.42 Å². The number of aryl methyl sites for hydroxylation is 1. The van der Waals surface area contributed by atoms with Gasteiger partial charge in [0.25, 0.3) is 5.91 Å². The van der Waals surface area contributed by atoms with Gasteiger partial charge in [-0.15, -0.1) is 0 Å². The van der Waals surface area contributed by atoms with Crippen LogP contribution in [0.3, 0.4) is 0 Å². The maximum atomic E-state index is 12.9. The van der Waals surface area contributed by atoms with Crippen LogP contribution in [-0.2, 0) is 16.6 Å². The van der Waals surface area contributed by atoms with Crippen LogP contribution in [0.1, 0.15) is 35.3 Å². The second kappa shape index (κ2) is 8.87. The van der Waals surface area contributed by atoms with Crippen molar-refractivity contribution in [2.24, 2.45) is 0 Å². The van der Waals surface area contributed by atoms with Gasteiger partial charge in [-0.2, -0.15) is 4.31 Å². The number of carbonyl (C=O) groups excluding carboxylic acids is 1. The molecule has 0 fully saturated rings. The molecule has 0 unspecified atom stereocenters. The summed E-state index contributed by atoms with van der Waals surface area (Å²) in [5.74, 6) is -0.258. The molecule has 27 heavy (non-hydrogen) atoms. The Labute approximate surface area is 166 Å². The van der Waals surface area contributed by atoms with Crippen molar-refractivity contribution in [3.63, 3.8) is 0 Å². The third-order valence-corrected chi connectivity index (χ3v) is 7.03. The Balaban J connectivity index is 2.34. The van der Waals surface area contributed by atoms with Crippen molar-refractivity contribution >= 4 is 27.5 Å². The van der Waals surface area contributed by atoms with E-state index in [0.29, 0.717) is 35.8 Å². The van der Waals surface area contributed by atoms with E-state index < -0.39 is 10.0 Å². The highest BCUT2D eigenvalue weighted by Crippen LogP contribution is 2.23. The van der Waals surface area contributed by atoms with Crippen LogP contribution in [0, 0.1) is 6.92 Å². The molecule has 7 heteroatoms. The Kier molecular flexibility index (Phi) is 7.03. The molecule has 5 nitrogen and oxygen atoms in total. The number of sulfonamides is 1. The van der Waals surface area contributed by atoms with Gasteiger partial charge in [0.1, 0.15) is 0 Å². The number of halogens is 1. The Morgan fingerprint density at radius 3 is 2.30 bits per heavy atom. The molecule has 0 aliphatic rings. The van der Waals surface area contributed by atoms with Gasteiger partial charge in [0.15, 0.2) is 0 Å². The van der Waals surface area contributed by atoms with Gasteiger partial charge in [-0.1, -0.05) is 49.7 Å². The maximum Gasteiger partial charge on any atom is 0.253 e. The van der Waals surface area contributed by atoms with E-state index in [2.05, 4.69) is 0 Å². The molecule has 0 bridgehead atoms. The topological polar surface area (TPSA) is 57.7 Å². The summed E-state index contributed by atoms with van der Waals surface area (Å²) < 4.78 is 27.1. The summed E-state index contributed by atoms with van der Waals surface area (Å²) in [5, 5.41) is 0.589. The Morgan fingerprint density at radius 2 is 1.70 bits per heavy atom. The maximum absolute atomic E-state index is 12.9. The van der Waals surface area contributed by atoms with Crippen molar-refractivity contribution in [1.82, 2.24) is 9.21 Å². The van der Waals surface area contributed by atoms with Gasteiger partial charge in [-0.05, 0) is 36.2 Å². The highest BCUT2D eigenvalue weighted by Gasteiger charge is 2.25. The Morgan fingerprint density at radius 1 is 1.07 bits per heavy atom. The summed E-state index contributed by atoms with van der Waals surface area (Å²) in [6, 6.07) is 12.1.